The van der Waals surface area contributed by atoms with E-state index < -0.39 is 12.1 Å². The molecule has 1 amide bonds. The zero-order chi connectivity index (χ0) is 28.3. The Balaban J connectivity index is 0.000000532. The highest BCUT2D eigenvalue weighted by molar-refractivity contribution is 6.04. The normalized spacial score (nSPS) is 13.6. The van der Waals surface area contributed by atoms with Crippen molar-refractivity contribution in [2.24, 2.45) is 0 Å². The number of carboxylic acids is 1. The van der Waals surface area contributed by atoms with Crippen molar-refractivity contribution in [1.29, 1.82) is 0 Å². The first-order chi connectivity index (χ1) is 18.7. The maximum Gasteiger partial charge on any atom is 0.490 e. The Bertz CT molecular complexity index is 1200. The van der Waals surface area contributed by atoms with E-state index in [2.05, 4.69) is 25.7 Å². The molecule has 0 bridgehead atoms. The number of hydrogen-bond acceptors (Lipinski definition) is 9. The molecule has 1 fully saturated rings. The number of alkyl halides is 3. The number of morpholine rings is 1. The summed E-state index contributed by atoms with van der Waals surface area (Å²) in [6.45, 7) is 5.37. The largest absolute Gasteiger partial charge is 0.497 e. The minimum atomic E-state index is -5.08. The van der Waals surface area contributed by atoms with E-state index in [-0.39, 0.29) is 5.91 Å². The Hall–Kier alpha value is -4.17. The number of anilines is 2. The van der Waals surface area contributed by atoms with E-state index in [9.17, 15) is 18.0 Å². The number of carboxylic acid groups (broad SMARTS) is 1. The number of methoxy groups -OCH3 is 1. The number of nitrogens with one attached hydrogen (secondary N) is 2. The van der Waals surface area contributed by atoms with Crippen molar-refractivity contribution in [2.45, 2.75) is 12.6 Å². The van der Waals surface area contributed by atoms with Crippen LogP contribution in [0.1, 0.15) is 16.8 Å². The lowest BCUT2D eigenvalue weighted by molar-refractivity contribution is -0.192. The number of halogens is 3. The second kappa shape index (κ2) is 14.1. The van der Waals surface area contributed by atoms with E-state index in [1.165, 1.54) is 0 Å². The Morgan fingerprint density at radius 2 is 1.69 bits per heavy atom. The standard InChI is InChI=1S/C23H27N5O4.C2HF3O2/c1-30-20-9-5-17(6-10-20)21(29)25-19-7-3-18(4-8-19)22-26-27-23(32-22)24-11-2-12-28-13-15-31-16-14-28;3-2(4,5)1(6)7/h3-10H,2,11-16H2,1H3,(H,24,27)(H,25,29);(H,6,7). The third-order valence-corrected chi connectivity index (χ3v) is 5.44. The van der Waals surface area contributed by atoms with Crippen LogP contribution in [0.15, 0.2) is 52.9 Å². The second-order valence-corrected chi connectivity index (χ2v) is 8.21. The quantitative estimate of drug-likeness (QED) is 0.337. The van der Waals surface area contributed by atoms with Gasteiger partial charge in [0.25, 0.3) is 5.91 Å². The van der Waals surface area contributed by atoms with Crippen LogP contribution >= 0.6 is 0 Å². The Morgan fingerprint density at radius 1 is 1.05 bits per heavy atom. The monoisotopic (exact) mass is 551 g/mol. The topological polar surface area (TPSA) is 139 Å². The van der Waals surface area contributed by atoms with Gasteiger partial charge in [0.15, 0.2) is 0 Å². The SMILES string of the molecule is COc1ccc(C(=O)Nc2ccc(-c3nnc(NCCCN4CCOCC4)o3)cc2)cc1.O=C(O)C(F)(F)F. The molecule has 1 saturated heterocycles. The van der Waals surface area contributed by atoms with E-state index in [1.807, 2.05) is 12.1 Å². The molecule has 0 spiro atoms. The minimum Gasteiger partial charge on any atom is -0.497 e. The predicted octanol–water partition coefficient (Wildman–Crippen LogP) is 3.77. The zero-order valence-corrected chi connectivity index (χ0v) is 21.0. The molecule has 3 N–H and O–H groups in total. The van der Waals surface area contributed by atoms with Crippen LogP contribution in [0.4, 0.5) is 24.9 Å². The van der Waals surface area contributed by atoms with E-state index in [4.69, 9.17) is 23.8 Å². The molecule has 0 unspecified atom stereocenters. The number of carbonyl (C=O) groups is 2. The van der Waals surface area contributed by atoms with Gasteiger partial charge in [0.1, 0.15) is 5.75 Å². The van der Waals surface area contributed by atoms with Crippen LogP contribution in [-0.2, 0) is 9.53 Å². The lowest BCUT2D eigenvalue weighted by Gasteiger charge is -2.26. The third-order valence-electron chi connectivity index (χ3n) is 5.44. The molecule has 0 radical (unpaired) electrons. The molecule has 11 nitrogen and oxygen atoms in total. The molecular formula is C25H28F3N5O6. The second-order valence-electron chi connectivity index (χ2n) is 8.21. The fourth-order valence-corrected chi connectivity index (χ4v) is 3.38. The van der Waals surface area contributed by atoms with Gasteiger partial charge in [-0.25, -0.2) is 4.79 Å². The van der Waals surface area contributed by atoms with Crippen molar-refractivity contribution in [3.05, 3.63) is 54.1 Å². The summed E-state index contributed by atoms with van der Waals surface area (Å²) in [5.74, 6) is -1.82. The molecule has 2 aromatic carbocycles. The fourth-order valence-electron chi connectivity index (χ4n) is 3.38. The van der Waals surface area contributed by atoms with Crippen LogP contribution in [0.25, 0.3) is 11.5 Å². The number of benzene rings is 2. The average molecular weight is 552 g/mol. The van der Waals surface area contributed by atoms with Crippen molar-refractivity contribution in [3.63, 3.8) is 0 Å². The molecule has 1 aliphatic rings. The van der Waals surface area contributed by atoms with Crippen LogP contribution in [0.3, 0.4) is 0 Å². The van der Waals surface area contributed by atoms with Gasteiger partial charge in [-0.05, 0) is 61.5 Å². The van der Waals surface area contributed by atoms with Crippen LogP contribution in [0.2, 0.25) is 0 Å². The summed E-state index contributed by atoms with van der Waals surface area (Å²) in [6.07, 6.45) is -4.10. The maximum atomic E-state index is 12.4. The highest BCUT2D eigenvalue weighted by Gasteiger charge is 2.38. The van der Waals surface area contributed by atoms with Crippen LogP contribution in [0, 0.1) is 0 Å². The summed E-state index contributed by atoms with van der Waals surface area (Å²) in [5, 5.41) is 21.3. The van der Waals surface area contributed by atoms with Gasteiger partial charge < -0.3 is 29.6 Å². The molecular weight excluding hydrogens is 523 g/mol. The molecule has 0 atom stereocenters. The summed E-state index contributed by atoms with van der Waals surface area (Å²) in [6, 6.07) is 14.6. The van der Waals surface area contributed by atoms with Crippen molar-refractivity contribution >= 4 is 23.6 Å². The number of amides is 1. The van der Waals surface area contributed by atoms with E-state index >= 15 is 0 Å². The highest BCUT2D eigenvalue weighted by atomic mass is 19.4. The van der Waals surface area contributed by atoms with Crippen molar-refractivity contribution < 1.29 is 41.8 Å². The van der Waals surface area contributed by atoms with Crippen molar-refractivity contribution in [2.75, 3.05) is 57.1 Å². The van der Waals surface area contributed by atoms with E-state index in [1.54, 1.807) is 43.5 Å². The average Bonchev–Trinajstić information content (AvgIpc) is 3.41. The van der Waals surface area contributed by atoms with Gasteiger partial charge in [0, 0.05) is 36.4 Å². The molecule has 1 aliphatic heterocycles. The first-order valence-electron chi connectivity index (χ1n) is 11.9. The first-order valence-corrected chi connectivity index (χ1v) is 11.9. The molecule has 0 aliphatic carbocycles. The predicted molar refractivity (Wildman–Crippen MR) is 135 cm³/mol. The van der Waals surface area contributed by atoms with Gasteiger partial charge >= 0.3 is 18.2 Å². The van der Waals surface area contributed by atoms with Crippen molar-refractivity contribution in [1.82, 2.24) is 15.1 Å². The van der Waals surface area contributed by atoms with Gasteiger partial charge in [0.2, 0.25) is 5.89 Å². The van der Waals surface area contributed by atoms with E-state index in [0.717, 1.165) is 51.4 Å². The number of aliphatic carboxylic acids is 1. The summed E-state index contributed by atoms with van der Waals surface area (Å²) in [4.78, 5) is 23.7. The summed E-state index contributed by atoms with van der Waals surface area (Å²) in [5.41, 5.74) is 2.01. The summed E-state index contributed by atoms with van der Waals surface area (Å²) >= 11 is 0. The molecule has 39 heavy (non-hydrogen) atoms. The Labute approximate surface area is 221 Å². The van der Waals surface area contributed by atoms with Gasteiger partial charge in [-0.2, -0.15) is 13.2 Å². The van der Waals surface area contributed by atoms with Crippen LogP contribution < -0.4 is 15.4 Å². The number of hydrogen-bond donors (Lipinski definition) is 3. The molecule has 1 aromatic heterocycles. The van der Waals surface area contributed by atoms with Crippen LogP contribution in [-0.4, -0.2) is 84.8 Å². The van der Waals surface area contributed by atoms with Gasteiger partial charge in [-0.15, -0.1) is 5.10 Å². The Kier molecular flexibility index (Phi) is 10.6. The molecule has 3 aromatic rings. The smallest absolute Gasteiger partial charge is 0.490 e. The minimum absolute atomic E-state index is 0.193. The molecule has 14 heteroatoms. The fraction of sp³-hybridized carbons (Fsp3) is 0.360. The van der Waals surface area contributed by atoms with Gasteiger partial charge in [-0.1, -0.05) is 5.10 Å². The van der Waals surface area contributed by atoms with Gasteiger partial charge in [-0.3, -0.25) is 9.69 Å². The zero-order valence-electron chi connectivity index (χ0n) is 21.0. The first kappa shape index (κ1) is 29.4. The molecule has 4 rings (SSSR count). The lowest BCUT2D eigenvalue weighted by Crippen LogP contribution is -2.37. The molecule has 210 valence electrons. The highest BCUT2D eigenvalue weighted by Crippen LogP contribution is 2.22. The maximum absolute atomic E-state index is 12.4. The summed E-state index contributed by atoms with van der Waals surface area (Å²) < 4.78 is 47.9. The number of aromatic nitrogens is 2. The number of rotatable bonds is 9. The number of nitrogens with zero attached hydrogens (tertiary/aromatic N) is 3. The number of ether oxygens (including phenoxy) is 2. The van der Waals surface area contributed by atoms with E-state index in [0.29, 0.717) is 28.9 Å². The summed E-state index contributed by atoms with van der Waals surface area (Å²) in [7, 11) is 1.59. The molecule has 0 saturated carbocycles. The third kappa shape index (κ3) is 9.57. The van der Waals surface area contributed by atoms with Crippen molar-refractivity contribution in [3.8, 4) is 17.2 Å². The van der Waals surface area contributed by atoms with Gasteiger partial charge in [0.05, 0.1) is 20.3 Å². The molecule has 2 heterocycles. The lowest BCUT2D eigenvalue weighted by atomic mass is 10.1. The Morgan fingerprint density at radius 3 is 2.28 bits per heavy atom. The van der Waals surface area contributed by atoms with Crippen LogP contribution in [0.5, 0.6) is 5.75 Å². The number of carbonyl (C=O) groups excluding carboxylic acids is 1.